The Hall–Kier alpha value is -0.660. The summed E-state index contributed by atoms with van der Waals surface area (Å²) in [5.74, 6) is 0.541. The number of hydrogen-bond donors (Lipinski definition) is 3. The lowest BCUT2D eigenvalue weighted by Gasteiger charge is -2.22. The molecule has 0 atom stereocenters. The Labute approximate surface area is 109 Å². The van der Waals surface area contributed by atoms with E-state index in [9.17, 15) is 13.2 Å². The van der Waals surface area contributed by atoms with Crippen LogP contribution in [0.25, 0.3) is 0 Å². The second-order valence-corrected chi connectivity index (χ2v) is 6.60. The van der Waals surface area contributed by atoms with Gasteiger partial charge in [0.2, 0.25) is 15.9 Å². The summed E-state index contributed by atoms with van der Waals surface area (Å²) in [4.78, 5) is 10.6. The first-order valence-electron chi connectivity index (χ1n) is 6.42. The molecule has 3 N–H and O–H groups in total. The van der Waals surface area contributed by atoms with Gasteiger partial charge in [-0.15, -0.1) is 0 Å². The smallest absolute Gasteiger partial charge is 0.216 e. The van der Waals surface area contributed by atoms with Gasteiger partial charge in [-0.05, 0) is 38.3 Å². The van der Waals surface area contributed by atoms with Crippen molar-refractivity contribution in [2.45, 2.75) is 26.2 Å². The van der Waals surface area contributed by atoms with Crippen LogP contribution in [0.3, 0.4) is 0 Å². The average molecular weight is 277 g/mol. The molecule has 1 aliphatic heterocycles. The molecule has 7 heteroatoms. The van der Waals surface area contributed by atoms with Crippen molar-refractivity contribution in [1.82, 2.24) is 15.4 Å². The van der Waals surface area contributed by atoms with Crippen molar-refractivity contribution < 1.29 is 13.2 Å². The van der Waals surface area contributed by atoms with E-state index in [4.69, 9.17) is 0 Å². The molecule has 0 aromatic rings. The molecule has 0 bridgehead atoms. The fourth-order valence-electron chi connectivity index (χ4n) is 2.01. The van der Waals surface area contributed by atoms with Crippen LogP contribution in [-0.4, -0.2) is 46.3 Å². The molecule has 1 heterocycles. The molecule has 106 valence electrons. The van der Waals surface area contributed by atoms with E-state index >= 15 is 0 Å². The number of nitrogens with one attached hydrogen (secondary N) is 3. The van der Waals surface area contributed by atoms with Crippen LogP contribution >= 0.6 is 0 Å². The minimum Gasteiger partial charge on any atom is -0.355 e. The van der Waals surface area contributed by atoms with Crippen molar-refractivity contribution in [1.29, 1.82) is 0 Å². The van der Waals surface area contributed by atoms with Crippen molar-refractivity contribution in [3.05, 3.63) is 0 Å². The van der Waals surface area contributed by atoms with E-state index in [1.54, 1.807) is 0 Å². The maximum absolute atomic E-state index is 11.7. The number of piperidine rings is 1. The van der Waals surface area contributed by atoms with Crippen molar-refractivity contribution >= 4 is 15.9 Å². The van der Waals surface area contributed by atoms with Crippen molar-refractivity contribution in [2.24, 2.45) is 5.92 Å². The number of hydrogen-bond acceptors (Lipinski definition) is 4. The molecule has 1 aliphatic rings. The van der Waals surface area contributed by atoms with E-state index in [1.165, 1.54) is 6.92 Å². The Kier molecular flexibility index (Phi) is 6.59. The summed E-state index contributed by atoms with van der Waals surface area (Å²) in [7, 11) is -3.20. The Morgan fingerprint density at radius 3 is 2.56 bits per heavy atom. The maximum Gasteiger partial charge on any atom is 0.216 e. The minimum atomic E-state index is -3.20. The highest BCUT2D eigenvalue weighted by atomic mass is 32.2. The molecular weight excluding hydrogens is 254 g/mol. The van der Waals surface area contributed by atoms with Gasteiger partial charge in [-0.1, -0.05) is 0 Å². The Morgan fingerprint density at radius 2 is 1.94 bits per heavy atom. The Bertz CT molecular complexity index is 351. The highest BCUT2D eigenvalue weighted by molar-refractivity contribution is 7.89. The molecule has 0 aliphatic carbocycles. The van der Waals surface area contributed by atoms with Crippen LogP contribution in [0.4, 0.5) is 0 Å². The first-order chi connectivity index (χ1) is 8.49. The molecule has 0 unspecified atom stereocenters. The number of carbonyl (C=O) groups is 1. The van der Waals surface area contributed by atoms with Crippen LogP contribution in [0.1, 0.15) is 26.2 Å². The van der Waals surface area contributed by atoms with Gasteiger partial charge in [0.1, 0.15) is 0 Å². The van der Waals surface area contributed by atoms with Gasteiger partial charge in [-0.3, -0.25) is 4.79 Å². The van der Waals surface area contributed by atoms with E-state index in [0.29, 0.717) is 12.5 Å². The Balaban J connectivity index is 2.16. The lowest BCUT2D eigenvalue weighted by molar-refractivity contribution is -0.118. The molecule has 18 heavy (non-hydrogen) atoms. The third-order valence-electron chi connectivity index (χ3n) is 3.07. The predicted octanol–water partition coefficient (Wildman–Crippen LogP) is -0.568. The largest absolute Gasteiger partial charge is 0.355 e. The summed E-state index contributed by atoms with van der Waals surface area (Å²) in [5.41, 5.74) is 0. The van der Waals surface area contributed by atoms with Gasteiger partial charge in [-0.2, -0.15) is 0 Å². The topological polar surface area (TPSA) is 87.3 Å². The zero-order chi connectivity index (χ0) is 13.4. The fraction of sp³-hybridized carbons (Fsp3) is 0.909. The third kappa shape index (κ3) is 6.93. The van der Waals surface area contributed by atoms with E-state index in [1.807, 2.05) is 0 Å². The third-order valence-corrected chi connectivity index (χ3v) is 4.49. The summed E-state index contributed by atoms with van der Waals surface area (Å²) in [5, 5.41) is 5.81. The summed E-state index contributed by atoms with van der Waals surface area (Å²) in [6.07, 6.45) is 2.83. The quantitative estimate of drug-likeness (QED) is 0.544. The molecule has 0 saturated carbocycles. The summed E-state index contributed by atoms with van der Waals surface area (Å²) >= 11 is 0. The molecule has 1 rings (SSSR count). The summed E-state index contributed by atoms with van der Waals surface area (Å²) < 4.78 is 25.9. The van der Waals surface area contributed by atoms with Gasteiger partial charge in [0.25, 0.3) is 0 Å². The van der Waals surface area contributed by atoms with Gasteiger partial charge in [0, 0.05) is 20.0 Å². The number of rotatable bonds is 7. The normalized spacial score (nSPS) is 17.6. The lowest BCUT2D eigenvalue weighted by Crippen LogP contribution is -2.36. The molecule has 1 saturated heterocycles. The first-order valence-corrected chi connectivity index (χ1v) is 8.07. The van der Waals surface area contributed by atoms with Gasteiger partial charge in [0.05, 0.1) is 5.75 Å². The molecule has 0 radical (unpaired) electrons. The van der Waals surface area contributed by atoms with E-state index in [-0.39, 0.29) is 18.2 Å². The Morgan fingerprint density at radius 1 is 1.28 bits per heavy atom. The van der Waals surface area contributed by atoms with Gasteiger partial charge in [-0.25, -0.2) is 13.1 Å². The van der Waals surface area contributed by atoms with Gasteiger partial charge >= 0.3 is 0 Å². The summed E-state index contributed by atoms with van der Waals surface area (Å²) in [6, 6.07) is 0. The average Bonchev–Trinajstić information content (AvgIpc) is 2.34. The van der Waals surface area contributed by atoms with Crippen LogP contribution in [0.15, 0.2) is 0 Å². The summed E-state index contributed by atoms with van der Waals surface area (Å²) in [6.45, 7) is 3.98. The van der Waals surface area contributed by atoms with Crippen LogP contribution in [0.5, 0.6) is 0 Å². The highest BCUT2D eigenvalue weighted by Crippen LogP contribution is 2.16. The van der Waals surface area contributed by atoms with Crippen molar-refractivity contribution in [3.63, 3.8) is 0 Å². The standard InChI is InChI=1S/C11H23N3O3S/c1-10(15)13-7-8-14-18(16,17)9-4-11-2-5-12-6-3-11/h11-12,14H,2-9H2,1H3,(H,13,15). The monoisotopic (exact) mass is 277 g/mol. The second kappa shape index (κ2) is 7.70. The number of sulfonamides is 1. The molecule has 1 amide bonds. The SMILES string of the molecule is CC(=O)NCCNS(=O)(=O)CCC1CCNCC1. The molecule has 0 aromatic carbocycles. The fourth-order valence-corrected chi connectivity index (χ4v) is 3.21. The highest BCUT2D eigenvalue weighted by Gasteiger charge is 2.17. The number of carbonyl (C=O) groups excluding carboxylic acids is 1. The molecule has 0 spiro atoms. The van der Waals surface area contributed by atoms with Crippen LogP contribution in [0.2, 0.25) is 0 Å². The van der Waals surface area contributed by atoms with E-state index in [0.717, 1.165) is 32.4 Å². The molecule has 0 aromatic heterocycles. The van der Waals surface area contributed by atoms with Gasteiger partial charge < -0.3 is 10.6 Å². The predicted molar refractivity (Wildman–Crippen MR) is 70.7 cm³/mol. The van der Waals surface area contributed by atoms with Gasteiger partial charge in [0.15, 0.2) is 0 Å². The van der Waals surface area contributed by atoms with Crippen LogP contribution in [-0.2, 0) is 14.8 Å². The van der Waals surface area contributed by atoms with Crippen LogP contribution in [0, 0.1) is 5.92 Å². The van der Waals surface area contributed by atoms with E-state index < -0.39 is 10.0 Å². The maximum atomic E-state index is 11.7. The first kappa shape index (κ1) is 15.4. The van der Waals surface area contributed by atoms with Crippen LogP contribution < -0.4 is 15.4 Å². The second-order valence-electron chi connectivity index (χ2n) is 4.68. The minimum absolute atomic E-state index is 0.149. The van der Waals surface area contributed by atoms with Crippen molar-refractivity contribution in [2.75, 3.05) is 31.9 Å². The zero-order valence-corrected chi connectivity index (χ0v) is 11.7. The van der Waals surface area contributed by atoms with E-state index in [2.05, 4.69) is 15.4 Å². The number of amides is 1. The zero-order valence-electron chi connectivity index (χ0n) is 10.9. The lowest BCUT2D eigenvalue weighted by atomic mass is 9.96. The molecule has 1 fully saturated rings. The molecular formula is C11H23N3O3S. The molecule has 6 nitrogen and oxygen atoms in total. The van der Waals surface area contributed by atoms with Crippen molar-refractivity contribution in [3.8, 4) is 0 Å².